The number of hydrogen-bond donors (Lipinski definition) is 2. The molecule has 1 fully saturated rings. The van der Waals surface area contributed by atoms with E-state index in [0.29, 0.717) is 16.4 Å². The third kappa shape index (κ3) is 4.21. The van der Waals surface area contributed by atoms with Crippen LogP contribution in [0.5, 0.6) is 0 Å². The van der Waals surface area contributed by atoms with Crippen LogP contribution in [0.25, 0.3) is 11.3 Å². The standard InChI is InChI=1S/C21H21ClN4O/c22-18-9-2-1-8-17(18)19-13-20(25-24-19)21(27)23-16-7-5-6-15(12-16)14-26-10-3-4-11-26/h1-2,5-9,12-13H,3-4,10-11,14H2,(H,23,27)(H,24,25). The van der Waals surface area contributed by atoms with Crippen molar-refractivity contribution in [2.45, 2.75) is 19.4 Å². The van der Waals surface area contributed by atoms with Crippen LogP contribution in [-0.2, 0) is 6.54 Å². The minimum atomic E-state index is -0.223. The molecule has 1 aliphatic rings. The number of halogens is 1. The number of hydrogen-bond acceptors (Lipinski definition) is 3. The Morgan fingerprint density at radius 2 is 1.93 bits per heavy atom. The first-order chi connectivity index (χ1) is 13.2. The van der Waals surface area contributed by atoms with Gasteiger partial charge in [0.2, 0.25) is 0 Å². The number of carbonyl (C=O) groups is 1. The highest BCUT2D eigenvalue weighted by Crippen LogP contribution is 2.26. The molecular formula is C21H21ClN4O. The number of anilines is 1. The number of nitrogens with one attached hydrogen (secondary N) is 2. The average molecular weight is 381 g/mol. The Bertz CT molecular complexity index is 947. The molecule has 0 saturated carbocycles. The van der Waals surface area contributed by atoms with Crippen LogP contribution in [0.15, 0.2) is 54.6 Å². The van der Waals surface area contributed by atoms with Crippen LogP contribution in [0.3, 0.4) is 0 Å². The van der Waals surface area contributed by atoms with Crippen molar-refractivity contribution >= 4 is 23.2 Å². The van der Waals surface area contributed by atoms with Gasteiger partial charge in [0.1, 0.15) is 5.69 Å². The average Bonchev–Trinajstić information content (AvgIpc) is 3.34. The third-order valence-electron chi connectivity index (χ3n) is 4.76. The summed E-state index contributed by atoms with van der Waals surface area (Å²) in [6.45, 7) is 3.22. The fourth-order valence-electron chi connectivity index (χ4n) is 3.39. The molecule has 1 amide bonds. The van der Waals surface area contributed by atoms with Gasteiger partial charge in [-0.25, -0.2) is 0 Å². The van der Waals surface area contributed by atoms with E-state index in [4.69, 9.17) is 11.6 Å². The summed E-state index contributed by atoms with van der Waals surface area (Å²) in [5.41, 5.74) is 3.83. The molecule has 27 heavy (non-hydrogen) atoms. The topological polar surface area (TPSA) is 61.0 Å². The molecule has 5 nitrogen and oxygen atoms in total. The second-order valence-corrected chi connectivity index (χ2v) is 7.19. The van der Waals surface area contributed by atoms with E-state index in [1.165, 1.54) is 18.4 Å². The summed E-state index contributed by atoms with van der Waals surface area (Å²) < 4.78 is 0. The molecule has 1 aliphatic heterocycles. The van der Waals surface area contributed by atoms with E-state index in [-0.39, 0.29) is 5.91 Å². The Morgan fingerprint density at radius 1 is 1.11 bits per heavy atom. The van der Waals surface area contributed by atoms with E-state index in [2.05, 4.69) is 26.5 Å². The molecule has 138 valence electrons. The molecule has 1 aromatic heterocycles. The maximum absolute atomic E-state index is 12.6. The lowest BCUT2D eigenvalue weighted by molar-refractivity contribution is 0.102. The molecule has 1 saturated heterocycles. The second-order valence-electron chi connectivity index (χ2n) is 6.78. The van der Waals surface area contributed by atoms with Gasteiger partial charge in [0.15, 0.2) is 0 Å². The van der Waals surface area contributed by atoms with Crippen molar-refractivity contribution in [3.8, 4) is 11.3 Å². The molecule has 0 radical (unpaired) electrons. The SMILES string of the molecule is O=C(Nc1cccc(CN2CCCC2)c1)c1cc(-c2ccccc2Cl)n[nH]1. The Hall–Kier alpha value is -2.63. The van der Waals surface area contributed by atoms with Gasteiger partial charge in [-0.15, -0.1) is 0 Å². The van der Waals surface area contributed by atoms with Gasteiger partial charge < -0.3 is 5.32 Å². The second kappa shape index (κ2) is 7.94. The van der Waals surface area contributed by atoms with Crippen LogP contribution >= 0.6 is 11.6 Å². The first-order valence-corrected chi connectivity index (χ1v) is 9.50. The molecule has 0 unspecified atom stereocenters. The Labute approximate surface area is 163 Å². The summed E-state index contributed by atoms with van der Waals surface area (Å²) in [6, 6.07) is 17.1. The zero-order valence-electron chi connectivity index (χ0n) is 14.9. The van der Waals surface area contributed by atoms with E-state index < -0.39 is 0 Å². The molecule has 4 rings (SSSR count). The summed E-state index contributed by atoms with van der Waals surface area (Å²) in [4.78, 5) is 15.0. The number of rotatable bonds is 5. The highest BCUT2D eigenvalue weighted by atomic mass is 35.5. The van der Waals surface area contributed by atoms with E-state index in [9.17, 15) is 4.79 Å². The van der Waals surface area contributed by atoms with Gasteiger partial charge in [0.25, 0.3) is 5.91 Å². The predicted octanol–water partition coefficient (Wildman–Crippen LogP) is 4.58. The van der Waals surface area contributed by atoms with E-state index in [0.717, 1.165) is 30.9 Å². The largest absolute Gasteiger partial charge is 0.321 e. The molecular weight excluding hydrogens is 360 g/mol. The number of amides is 1. The fraction of sp³-hybridized carbons (Fsp3) is 0.238. The van der Waals surface area contributed by atoms with Gasteiger partial charge in [-0.3, -0.25) is 14.8 Å². The van der Waals surface area contributed by atoms with Crippen molar-refractivity contribution < 1.29 is 4.79 Å². The lowest BCUT2D eigenvalue weighted by Crippen LogP contribution is -2.18. The van der Waals surface area contributed by atoms with Gasteiger partial charge in [-0.2, -0.15) is 5.10 Å². The zero-order chi connectivity index (χ0) is 18.6. The Morgan fingerprint density at radius 3 is 2.74 bits per heavy atom. The number of carbonyl (C=O) groups excluding carboxylic acids is 1. The van der Waals surface area contributed by atoms with Gasteiger partial charge in [0, 0.05) is 17.8 Å². The van der Waals surface area contributed by atoms with E-state index in [1.807, 2.05) is 36.4 Å². The van der Waals surface area contributed by atoms with Crippen LogP contribution < -0.4 is 5.32 Å². The normalized spacial score (nSPS) is 14.4. The molecule has 2 heterocycles. The van der Waals surface area contributed by atoms with Gasteiger partial charge in [0.05, 0.1) is 10.7 Å². The summed E-state index contributed by atoms with van der Waals surface area (Å²) in [7, 11) is 0. The lowest BCUT2D eigenvalue weighted by Gasteiger charge is -2.15. The van der Waals surface area contributed by atoms with Gasteiger partial charge in [-0.05, 0) is 55.8 Å². The maximum atomic E-state index is 12.6. The Kier molecular flexibility index (Phi) is 5.23. The molecule has 2 aromatic carbocycles. The van der Waals surface area contributed by atoms with Crippen LogP contribution in [-0.4, -0.2) is 34.1 Å². The van der Waals surface area contributed by atoms with Crippen LogP contribution in [0.2, 0.25) is 5.02 Å². The van der Waals surface area contributed by atoms with Crippen LogP contribution in [0.1, 0.15) is 28.9 Å². The minimum absolute atomic E-state index is 0.223. The molecule has 0 aliphatic carbocycles. The molecule has 6 heteroatoms. The number of H-pyrrole nitrogens is 1. The molecule has 0 atom stereocenters. The maximum Gasteiger partial charge on any atom is 0.273 e. The Balaban J connectivity index is 1.46. The summed E-state index contributed by atoms with van der Waals surface area (Å²) in [5.74, 6) is -0.223. The number of nitrogens with zero attached hydrogens (tertiary/aromatic N) is 2. The molecule has 0 bridgehead atoms. The summed E-state index contributed by atoms with van der Waals surface area (Å²) in [5, 5.41) is 10.6. The number of aromatic nitrogens is 2. The highest BCUT2D eigenvalue weighted by molar-refractivity contribution is 6.33. The molecule has 0 spiro atoms. The summed E-state index contributed by atoms with van der Waals surface area (Å²) in [6.07, 6.45) is 2.54. The van der Waals surface area contributed by atoms with Crippen molar-refractivity contribution in [1.82, 2.24) is 15.1 Å². The van der Waals surface area contributed by atoms with Crippen molar-refractivity contribution in [1.29, 1.82) is 0 Å². The van der Waals surface area contributed by atoms with Gasteiger partial charge in [-0.1, -0.05) is 41.9 Å². The quantitative estimate of drug-likeness (QED) is 0.681. The number of benzene rings is 2. The van der Waals surface area contributed by atoms with E-state index >= 15 is 0 Å². The van der Waals surface area contributed by atoms with Crippen molar-refractivity contribution in [3.05, 3.63) is 70.9 Å². The predicted molar refractivity (Wildman–Crippen MR) is 108 cm³/mol. The highest BCUT2D eigenvalue weighted by Gasteiger charge is 2.14. The van der Waals surface area contributed by atoms with Crippen LogP contribution in [0, 0.1) is 0 Å². The smallest absolute Gasteiger partial charge is 0.273 e. The first kappa shape index (κ1) is 17.8. The fourth-order valence-corrected chi connectivity index (χ4v) is 3.62. The van der Waals surface area contributed by atoms with Crippen molar-refractivity contribution in [2.75, 3.05) is 18.4 Å². The first-order valence-electron chi connectivity index (χ1n) is 9.12. The van der Waals surface area contributed by atoms with Crippen molar-refractivity contribution in [3.63, 3.8) is 0 Å². The number of aromatic amines is 1. The minimum Gasteiger partial charge on any atom is -0.321 e. The van der Waals surface area contributed by atoms with Crippen LogP contribution in [0.4, 0.5) is 5.69 Å². The molecule has 2 N–H and O–H groups in total. The van der Waals surface area contributed by atoms with E-state index in [1.54, 1.807) is 12.1 Å². The zero-order valence-corrected chi connectivity index (χ0v) is 15.7. The van der Waals surface area contributed by atoms with Crippen molar-refractivity contribution in [2.24, 2.45) is 0 Å². The molecule has 3 aromatic rings. The number of likely N-dealkylation sites (tertiary alicyclic amines) is 1. The summed E-state index contributed by atoms with van der Waals surface area (Å²) >= 11 is 6.21. The third-order valence-corrected chi connectivity index (χ3v) is 5.09. The monoisotopic (exact) mass is 380 g/mol. The van der Waals surface area contributed by atoms with Gasteiger partial charge >= 0.3 is 0 Å². The lowest BCUT2D eigenvalue weighted by atomic mass is 10.1.